The van der Waals surface area contributed by atoms with Gasteiger partial charge in [0, 0.05) is 62.8 Å². The molecule has 3 aromatic rings. The normalized spacial score (nSPS) is 15.2. The van der Waals surface area contributed by atoms with Gasteiger partial charge in [-0.05, 0) is 49.2 Å². The fraction of sp³-hybridized carbons (Fsp3) is 0.310. The zero-order valence-electron chi connectivity index (χ0n) is 22.1. The van der Waals surface area contributed by atoms with E-state index in [0.717, 1.165) is 49.1 Å². The van der Waals surface area contributed by atoms with Crippen LogP contribution in [0.2, 0.25) is 5.02 Å². The molecule has 2 amide bonds. The predicted octanol–water partition coefficient (Wildman–Crippen LogP) is 5.07. The number of halogens is 1. The third kappa shape index (κ3) is 5.67. The number of nitro groups is 1. The monoisotopic (exact) mass is 563 g/mol. The number of methoxy groups -OCH3 is 1. The third-order valence-corrected chi connectivity index (χ3v) is 7.65. The molecule has 11 heteroatoms. The van der Waals surface area contributed by atoms with E-state index in [-0.39, 0.29) is 22.2 Å². The number of rotatable bonds is 7. The maximum atomic E-state index is 13.6. The summed E-state index contributed by atoms with van der Waals surface area (Å²) >= 11 is 6.16. The molecule has 0 unspecified atom stereocenters. The van der Waals surface area contributed by atoms with Gasteiger partial charge in [0.1, 0.15) is 5.75 Å². The standard InChI is InChI=1S/C29H30ClN5O5/c1-40-27-7-3-2-6-26(27)33-16-14-32(15-17-33)25-11-8-20(18-23(25)29(37)34-12-4-5-13-34)31-28(36)22-10-9-21(35(38)39)19-24(22)30/h2-3,6-11,18-19H,4-5,12-17H2,1H3,(H,31,36). The van der Waals surface area contributed by atoms with Crippen molar-refractivity contribution in [1.82, 2.24) is 4.90 Å². The fourth-order valence-electron chi connectivity index (χ4n) is 5.23. The molecule has 0 bridgehead atoms. The van der Waals surface area contributed by atoms with Gasteiger partial charge in [-0.15, -0.1) is 0 Å². The Morgan fingerprint density at radius 3 is 2.20 bits per heavy atom. The number of hydrogen-bond acceptors (Lipinski definition) is 7. The summed E-state index contributed by atoms with van der Waals surface area (Å²) in [5.74, 6) is 0.246. The number of nitrogens with zero attached hydrogens (tertiary/aromatic N) is 4. The van der Waals surface area contributed by atoms with Crippen LogP contribution in [-0.4, -0.2) is 68.0 Å². The van der Waals surface area contributed by atoms with Crippen molar-refractivity contribution in [3.05, 3.63) is 86.9 Å². The zero-order chi connectivity index (χ0) is 28.2. The first-order valence-electron chi connectivity index (χ1n) is 13.2. The van der Waals surface area contributed by atoms with Gasteiger partial charge >= 0.3 is 0 Å². The molecule has 2 fully saturated rings. The lowest BCUT2D eigenvalue weighted by atomic mass is 10.1. The number of hydrogen-bond donors (Lipinski definition) is 1. The number of amides is 2. The Morgan fingerprint density at radius 1 is 0.875 bits per heavy atom. The van der Waals surface area contributed by atoms with Crippen LogP contribution in [0.4, 0.5) is 22.7 Å². The van der Waals surface area contributed by atoms with E-state index in [0.29, 0.717) is 37.4 Å². The van der Waals surface area contributed by atoms with Crippen LogP contribution >= 0.6 is 11.6 Å². The molecule has 1 N–H and O–H groups in total. The lowest BCUT2D eigenvalue weighted by Gasteiger charge is -2.38. The van der Waals surface area contributed by atoms with E-state index in [4.69, 9.17) is 16.3 Å². The van der Waals surface area contributed by atoms with Gasteiger partial charge in [-0.1, -0.05) is 23.7 Å². The molecular formula is C29H30ClN5O5. The van der Waals surface area contributed by atoms with E-state index in [1.165, 1.54) is 12.1 Å². The van der Waals surface area contributed by atoms with Crippen molar-refractivity contribution < 1.29 is 19.2 Å². The minimum absolute atomic E-state index is 0.0235. The third-order valence-electron chi connectivity index (χ3n) is 7.33. The first-order chi connectivity index (χ1) is 19.4. The van der Waals surface area contributed by atoms with Crippen LogP contribution in [0.3, 0.4) is 0 Å². The van der Waals surface area contributed by atoms with E-state index < -0.39 is 10.8 Å². The molecule has 10 nitrogen and oxygen atoms in total. The molecule has 2 aliphatic rings. The molecule has 40 heavy (non-hydrogen) atoms. The zero-order valence-corrected chi connectivity index (χ0v) is 22.9. The number of non-ortho nitro benzene ring substituents is 1. The van der Waals surface area contributed by atoms with Crippen LogP contribution < -0.4 is 19.9 Å². The second-order valence-corrected chi connectivity index (χ2v) is 10.2. The molecule has 3 aromatic carbocycles. The molecule has 0 spiro atoms. The van der Waals surface area contributed by atoms with Gasteiger partial charge in [0.2, 0.25) is 0 Å². The van der Waals surface area contributed by atoms with Gasteiger partial charge in [0.25, 0.3) is 17.5 Å². The highest BCUT2D eigenvalue weighted by atomic mass is 35.5. The summed E-state index contributed by atoms with van der Waals surface area (Å²) in [6.07, 6.45) is 1.93. The van der Waals surface area contributed by atoms with Crippen LogP contribution in [0.5, 0.6) is 5.75 Å². The minimum atomic E-state index is -0.571. The molecule has 2 heterocycles. The Hall–Kier alpha value is -4.31. The topological polar surface area (TPSA) is 108 Å². The fourth-order valence-corrected chi connectivity index (χ4v) is 5.49. The second kappa shape index (κ2) is 11.8. The number of para-hydroxylation sites is 2. The average molecular weight is 564 g/mol. The quantitative estimate of drug-likeness (QED) is 0.316. The van der Waals surface area contributed by atoms with Gasteiger partial charge in [0.05, 0.1) is 33.9 Å². The number of benzene rings is 3. The summed E-state index contributed by atoms with van der Waals surface area (Å²) in [7, 11) is 1.67. The summed E-state index contributed by atoms with van der Waals surface area (Å²) in [4.78, 5) is 43.4. The van der Waals surface area contributed by atoms with Crippen molar-refractivity contribution in [3.8, 4) is 5.75 Å². The van der Waals surface area contributed by atoms with E-state index >= 15 is 0 Å². The van der Waals surface area contributed by atoms with Gasteiger partial charge in [-0.2, -0.15) is 0 Å². The van der Waals surface area contributed by atoms with E-state index in [9.17, 15) is 19.7 Å². The van der Waals surface area contributed by atoms with Crippen molar-refractivity contribution in [3.63, 3.8) is 0 Å². The molecule has 0 atom stereocenters. The van der Waals surface area contributed by atoms with Crippen molar-refractivity contribution in [2.75, 3.05) is 61.5 Å². The van der Waals surface area contributed by atoms with Crippen LogP contribution in [0, 0.1) is 10.1 Å². The molecule has 0 saturated carbocycles. The highest BCUT2D eigenvalue weighted by molar-refractivity contribution is 6.34. The van der Waals surface area contributed by atoms with E-state index in [2.05, 4.69) is 15.1 Å². The molecule has 0 radical (unpaired) electrons. The van der Waals surface area contributed by atoms with Crippen molar-refractivity contribution in [1.29, 1.82) is 0 Å². The number of nitro benzene ring substituents is 1. The smallest absolute Gasteiger partial charge is 0.270 e. The lowest BCUT2D eigenvalue weighted by molar-refractivity contribution is -0.384. The highest BCUT2D eigenvalue weighted by Crippen LogP contribution is 2.32. The average Bonchev–Trinajstić information content (AvgIpc) is 3.52. The van der Waals surface area contributed by atoms with Crippen molar-refractivity contribution in [2.45, 2.75) is 12.8 Å². The summed E-state index contributed by atoms with van der Waals surface area (Å²) in [6, 6.07) is 17.0. The van der Waals surface area contributed by atoms with Crippen LogP contribution in [0.15, 0.2) is 60.7 Å². The largest absolute Gasteiger partial charge is 0.495 e. The van der Waals surface area contributed by atoms with E-state index in [1.807, 2.05) is 35.2 Å². The first-order valence-corrected chi connectivity index (χ1v) is 13.5. The maximum absolute atomic E-state index is 13.6. The Labute approximate surface area is 237 Å². The van der Waals surface area contributed by atoms with Gasteiger partial charge in [-0.3, -0.25) is 19.7 Å². The minimum Gasteiger partial charge on any atom is -0.495 e. The van der Waals surface area contributed by atoms with Crippen molar-refractivity contribution >= 4 is 46.2 Å². The number of carbonyl (C=O) groups is 2. The molecular weight excluding hydrogens is 534 g/mol. The summed E-state index contributed by atoms with van der Waals surface area (Å²) in [5.41, 5.74) is 2.74. The molecule has 0 aromatic heterocycles. The number of piperazine rings is 1. The Bertz CT molecular complexity index is 1430. The molecule has 208 valence electrons. The number of ether oxygens (including phenoxy) is 1. The lowest BCUT2D eigenvalue weighted by Crippen LogP contribution is -2.47. The molecule has 2 aliphatic heterocycles. The van der Waals surface area contributed by atoms with Crippen LogP contribution in [0.1, 0.15) is 33.6 Å². The molecule has 0 aliphatic carbocycles. The van der Waals surface area contributed by atoms with Gasteiger partial charge in [-0.25, -0.2) is 0 Å². The number of nitrogens with one attached hydrogen (secondary N) is 1. The number of likely N-dealkylation sites (tertiary alicyclic amines) is 1. The highest BCUT2D eigenvalue weighted by Gasteiger charge is 2.27. The SMILES string of the molecule is COc1ccccc1N1CCN(c2ccc(NC(=O)c3ccc([N+](=O)[O-])cc3Cl)cc2C(=O)N2CCCC2)CC1. The summed E-state index contributed by atoms with van der Waals surface area (Å²) in [6.45, 7) is 4.35. The van der Waals surface area contributed by atoms with E-state index in [1.54, 1.807) is 19.2 Å². The Morgan fingerprint density at radius 2 is 1.55 bits per heavy atom. The van der Waals surface area contributed by atoms with Crippen LogP contribution in [-0.2, 0) is 0 Å². The number of carbonyl (C=O) groups excluding carboxylic acids is 2. The van der Waals surface area contributed by atoms with Crippen LogP contribution in [0.25, 0.3) is 0 Å². The van der Waals surface area contributed by atoms with Crippen molar-refractivity contribution in [2.24, 2.45) is 0 Å². The Balaban J connectivity index is 1.38. The summed E-state index contributed by atoms with van der Waals surface area (Å²) < 4.78 is 5.54. The Kier molecular flexibility index (Phi) is 8.06. The predicted molar refractivity (Wildman–Crippen MR) is 155 cm³/mol. The van der Waals surface area contributed by atoms with Gasteiger partial charge < -0.3 is 24.8 Å². The maximum Gasteiger partial charge on any atom is 0.270 e. The molecule has 5 rings (SSSR count). The number of anilines is 3. The first kappa shape index (κ1) is 27.3. The summed E-state index contributed by atoms with van der Waals surface area (Å²) in [5, 5.41) is 13.8. The molecule has 2 saturated heterocycles. The van der Waals surface area contributed by atoms with Gasteiger partial charge in [0.15, 0.2) is 0 Å². The second-order valence-electron chi connectivity index (χ2n) is 9.75.